The monoisotopic (exact) mass is 397 g/mol. The van der Waals surface area contributed by atoms with Crippen molar-refractivity contribution in [2.45, 2.75) is 0 Å². The molecule has 2 aromatic heterocycles. The highest BCUT2D eigenvalue weighted by Gasteiger charge is 2.19. The summed E-state index contributed by atoms with van der Waals surface area (Å²) in [6.45, 7) is 0. The van der Waals surface area contributed by atoms with Gasteiger partial charge in [0, 0.05) is 27.5 Å². The van der Waals surface area contributed by atoms with E-state index < -0.39 is 0 Å². The van der Waals surface area contributed by atoms with Crippen LogP contribution in [-0.2, 0) is 0 Å². The van der Waals surface area contributed by atoms with Gasteiger partial charge in [-0.3, -0.25) is 0 Å². The molecule has 0 saturated heterocycles. The normalized spacial score (nSPS) is 11.2. The van der Waals surface area contributed by atoms with E-state index in [0.29, 0.717) is 0 Å². The van der Waals surface area contributed by atoms with Crippen molar-refractivity contribution in [3.63, 3.8) is 0 Å². The number of rotatable bonds is 3. The lowest BCUT2D eigenvalue weighted by Gasteiger charge is -2.08. The van der Waals surface area contributed by atoms with Gasteiger partial charge >= 0.3 is 0 Å². The van der Waals surface area contributed by atoms with Crippen LogP contribution in [0, 0.1) is 0 Å². The minimum Gasteiger partial charge on any atom is -0.337 e. The number of fused-ring (bicyclic) bond motifs is 2. The van der Waals surface area contributed by atoms with Crippen molar-refractivity contribution in [2.24, 2.45) is 0 Å². The Labute approximate surface area is 180 Å². The lowest BCUT2D eigenvalue weighted by molar-refractivity contribution is 1.32. The molecule has 31 heavy (non-hydrogen) atoms. The van der Waals surface area contributed by atoms with E-state index in [0.717, 1.165) is 55.7 Å². The summed E-state index contributed by atoms with van der Waals surface area (Å²) in [7, 11) is 0. The van der Waals surface area contributed by atoms with Crippen LogP contribution in [0.4, 0.5) is 0 Å². The van der Waals surface area contributed by atoms with Crippen LogP contribution in [0.3, 0.4) is 0 Å². The van der Waals surface area contributed by atoms with E-state index in [2.05, 4.69) is 89.9 Å². The molecule has 0 spiro atoms. The fourth-order valence-corrected chi connectivity index (χ4v) is 4.21. The summed E-state index contributed by atoms with van der Waals surface area (Å²) in [6, 6.07) is 37.3. The van der Waals surface area contributed by atoms with Crippen LogP contribution in [-0.4, -0.2) is 15.0 Å². The van der Waals surface area contributed by atoms with Gasteiger partial charge in [0.25, 0.3) is 0 Å². The van der Waals surface area contributed by atoms with E-state index in [-0.39, 0.29) is 0 Å². The van der Waals surface area contributed by atoms with E-state index in [1.165, 1.54) is 0 Å². The van der Waals surface area contributed by atoms with Crippen LogP contribution in [0.5, 0.6) is 0 Å². The fourth-order valence-electron chi connectivity index (χ4n) is 4.21. The predicted molar refractivity (Wildman–Crippen MR) is 128 cm³/mol. The average Bonchev–Trinajstić information content (AvgIpc) is 3.28. The number of aromatic nitrogens is 3. The second kappa shape index (κ2) is 7.22. The molecule has 0 aliphatic heterocycles. The number of hydrogen-bond acceptors (Lipinski definition) is 2. The van der Waals surface area contributed by atoms with Crippen LogP contribution in [0.2, 0.25) is 0 Å². The number of imidazole rings is 1. The van der Waals surface area contributed by atoms with Gasteiger partial charge in [-0.15, -0.1) is 0 Å². The Morgan fingerprint density at radius 1 is 0.484 bits per heavy atom. The Hall–Kier alpha value is -4.24. The van der Waals surface area contributed by atoms with E-state index in [1.807, 2.05) is 24.3 Å². The Bertz CT molecular complexity index is 1410. The summed E-state index contributed by atoms with van der Waals surface area (Å²) in [5.74, 6) is 0.854. The van der Waals surface area contributed by atoms with Gasteiger partial charge < -0.3 is 4.98 Å². The molecule has 1 N–H and O–H groups in total. The topological polar surface area (TPSA) is 41.6 Å². The molecule has 0 unspecified atom stereocenters. The van der Waals surface area contributed by atoms with Gasteiger partial charge in [-0.1, -0.05) is 97.1 Å². The second-order valence-electron chi connectivity index (χ2n) is 7.56. The lowest BCUT2D eigenvalue weighted by atomic mass is 10.0. The molecule has 3 nitrogen and oxygen atoms in total. The maximum absolute atomic E-state index is 5.14. The van der Waals surface area contributed by atoms with Crippen LogP contribution in [0.25, 0.3) is 55.7 Å². The first kappa shape index (κ1) is 17.6. The molecule has 0 amide bonds. The first-order chi connectivity index (χ1) is 15.4. The van der Waals surface area contributed by atoms with Gasteiger partial charge in [0.2, 0.25) is 0 Å². The zero-order chi connectivity index (χ0) is 20.6. The zero-order valence-electron chi connectivity index (χ0n) is 16.8. The molecule has 4 aromatic carbocycles. The largest absolute Gasteiger partial charge is 0.337 e. The van der Waals surface area contributed by atoms with E-state index >= 15 is 0 Å². The molecule has 0 atom stereocenters. The number of nitrogens with one attached hydrogen (secondary N) is 1. The first-order valence-electron chi connectivity index (χ1n) is 10.4. The van der Waals surface area contributed by atoms with Gasteiger partial charge in [0.15, 0.2) is 0 Å². The van der Waals surface area contributed by atoms with Crippen LogP contribution in [0.15, 0.2) is 109 Å². The maximum atomic E-state index is 5.14. The number of H-pyrrole nitrogens is 1. The first-order valence-corrected chi connectivity index (χ1v) is 10.4. The van der Waals surface area contributed by atoms with Crippen molar-refractivity contribution >= 4 is 21.8 Å². The molecule has 0 fully saturated rings. The van der Waals surface area contributed by atoms with Crippen molar-refractivity contribution in [1.29, 1.82) is 0 Å². The van der Waals surface area contributed by atoms with Crippen molar-refractivity contribution in [1.82, 2.24) is 15.0 Å². The third kappa shape index (κ3) is 2.99. The Morgan fingerprint density at radius 3 is 1.61 bits per heavy atom. The van der Waals surface area contributed by atoms with Crippen molar-refractivity contribution in [2.75, 3.05) is 0 Å². The molecule has 0 radical (unpaired) electrons. The van der Waals surface area contributed by atoms with Gasteiger partial charge in [-0.2, -0.15) is 0 Å². The highest BCUT2D eigenvalue weighted by Crippen LogP contribution is 2.38. The molecular formula is C28H19N3. The quantitative estimate of drug-likeness (QED) is 0.323. The Morgan fingerprint density at radius 2 is 1.00 bits per heavy atom. The number of pyridine rings is 1. The van der Waals surface area contributed by atoms with Gasteiger partial charge in [-0.25, -0.2) is 9.97 Å². The Balaban J connectivity index is 1.70. The lowest BCUT2D eigenvalue weighted by Crippen LogP contribution is -1.90. The minimum atomic E-state index is 0.854. The van der Waals surface area contributed by atoms with E-state index in [1.54, 1.807) is 0 Å². The molecule has 146 valence electrons. The summed E-state index contributed by atoms with van der Waals surface area (Å²) >= 11 is 0. The molecule has 6 rings (SSSR count). The summed E-state index contributed by atoms with van der Waals surface area (Å²) < 4.78 is 0. The molecule has 0 saturated carbocycles. The average molecular weight is 397 g/mol. The minimum absolute atomic E-state index is 0.854. The SMILES string of the molecule is c1ccc(-c2nc(-c3c4ccccc4nc4ccccc34)[nH]c2-c2ccccc2)cc1. The number of para-hydroxylation sites is 2. The summed E-state index contributed by atoms with van der Waals surface area (Å²) in [6.07, 6.45) is 0. The van der Waals surface area contributed by atoms with Gasteiger partial charge in [0.1, 0.15) is 5.82 Å². The predicted octanol–water partition coefficient (Wildman–Crippen LogP) is 7.11. The second-order valence-corrected chi connectivity index (χ2v) is 7.56. The molecule has 0 aliphatic rings. The number of hydrogen-bond donors (Lipinski definition) is 1. The molecule has 3 heteroatoms. The van der Waals surface area contributed by atoms with Crippen LogP contribution in [0.1, 0.15) is 0 Å². The number of aromatic amines is 1. The van der Waals surface area contributed by atoms with Crippen LogP contribution < -0.4 is 0 Å². The van der Waals surface area contributed by atoms with Crippen molar-refractivity contribution in [3.8, 4) is 33.9 Å². The fraction of sp³-hybridized carbons (Fsp3) is 0. The third-order valence-corrected chi connectivity index (χ3v) is 5.64. The maximum Gasteiger partial charge on any atom is 0.139 e. The Kier molecular flexibility index (Phi) is 4.10. The zero-order valence-corrected chi connectivity index (χ0v) is 16.8. The standard InChI is InChI=1S/C28H19N3/c1-3-11-19(12-4-1)26-27(20-13-5-2-6-14-20)31-28(30-26)25-21-15-7-9-17-23(21)29-24-18-10-8-16-22(24)25/h1-18H,(H,30,31). The van der Waals surface area contributed by atoms with E-state index in [4.69, 9.17) is 9.97 Å². The van der Waals surface area contributed by atoms with E-state index in [9.17, 15) is 0 Å². The van der Waals surface area contributed by atoms with Gasteiger partial charge in [0.05, 0.1) is 22.4 Å². The van der Waals surface area contributed by atoms with Gasteiger partial charge in [-0.05, 0) is 12.1 Å². The molecule has 2 heterocycles. The molecule has 0 aliphatic carbocycles. The summed E-state index contributed by atoms with van der Waals surface area (Å²) in [4.78, 5) is 13.7. The molecule has 6 aromatic rings. The molecular weight excluding hydrogens is 378 g/mol. The molecule has 0 bridgehead atoms. The smallest absolute Gasteiger partial charge is 0.139 e. The van der Waals surface area contributed by atoms with Crippen molar-refractivity contribution < 1.29 is 0 Å². The third-order valence-electron chi connectivity index (χ3n) is 5.64. The summed E-state index contributed by atoms with van der Waals surface area (Å²) in [5.41, 5.74) is 7.19. The van der Waals surface area contributed by atoms with Crippen molar-refractivity contribution in [3.05, 3.63) is 109 Å². The highest BCUT2D eigenvalue weighted by molar-refractivity contribution is 6.08. The highest BCUT2D eigenvalue weighted by atomic mass is 14.9. The summed E-state index contributed by atoms with van der Waals surface area (Å²) in [5, 5.41) is 2.18. The number of benzene rings is 4. The number of nitrogens with zero attached hydrogens (tertiary/aromatic N) is 2. The van der Waals surface area contributed by atoms with Crippen LogP contribution >= 0.6 is 0 Å².